The highest BCUT2D eigenvalue weighted by Crippen LogP contribution is 2.29. The Morgan fingerprint density at radius 3 is 2.48 bits per heavy atom. The van der Waals surface area contributed by atoms with Crippen LogP contribution in [0.2, 0.25) is 0 Å². The van der Waals surface area contributed by atoms with Gasteiger partial charge in [0.15, 0.2) is 0 Å². The fourth-order valence-electron chi connectivity index (χ4n) is 2.40. The van der Waals surface area contributed by atoms with Crippen molar-refractivity contribution in [3.8, 4) is 5.75 Å². The van der Waals surface area contributed by atoms with Crippen LogP contribution >= 0.6 is 11.3 Å². The number of thiazole rings is 1. The molecule has 1 heterocycles. The molecule has 0 aliphatic heterocycles. The summed E-state index contributed by atoms with van der Waals surface area (Å²) >= 11 is 1.48. The molecule has 1 unspecified atom stereocenters. The molecule has 0 bridgehead atoms. The summed E-state index contributed by atoms with van der Waals surface area (Å²) in [4.78, 5) is 17.9. The van der Waals surface area contributed by atoms with Crippen LogP contribution < -0.4 is 10.1 Å². The molecule has 4 nitrogen and oxygen atoms in total. The molecule has 0 radical (unpaired) electrons. The zero-order valence-corrected chi connectivity index (χ0v) is 17.0. The van der Waals surface area contributed by atoms with Crippen LogP contribution in [-0.2, 0) is 5.41 Å². The molecule has 1 N–H and O–H groups in total. The lowest BCUT2D eigenvalue weighted by atomic mass is 9.98. The molecule has 1 aromatic heterocycles. The van der Waals surface area contributed by atoms with Crippen molar-refractivity contribution >= 4 is 17.2 Å². The Labute approximate surface area is 154 Å². The van der Waals surface area contributed by atoms with Gasteiger partial charge in [0, 0.05) is 5.41 Å². The standard InChI is InChI=1S/C20H28N2O2S/c1-12(2)24-16-10-8-9-15(11-16)13(3)21-18(23)17-14(4)22-19(25-17)20(5,6)7/h8-13H,1-7H3,(H,21,23). The Kier molecular flexibility index (Phi) is 5.88. The van der Waals surface area contributed by atoms with Crippen molar-refractivity contribution in [1.29, 1.82) is 0 Å². The van der Waals surface area contributed by atoms with E-state index in [1.807, 2.05) is 52.0 Å². The third kappa shape index (κ3) is 5.05. The van der Waals surface area contributed by atoms with Crippen LogP contribution in [0.5, 0.6) is 5.75 Å². The number of rotatable bonds is 5. The van der Waals surface area contributed by atoms with Crippen molar-refractivity contribution < 1.29 is 9.53 Å². The van der Waals surface area contributed by atoms with Gasteiger partial charge >= 0.3 is 0 Å². The normalized spacial score (nSPS) is 13.0. The van der Waals surface area contributed by atoms with Gasteiger partial charge in [0.05, 0.1) is 22.8 Å². The van der Waals surface area contributed by atoms with Gasteiger partial charge in [-0.3, -0.25) is 4.79 Å². The maximum Gasteiger partial charge on any atom is 0.263 e. The molecular formula is C20H28N2O2S. The number of carbonyl (C=O) groups is 1. The quantitative estimate of drug-likeness (QED) is 0.814. The summed E-state index contributed by atoms with van der Waals surface area (Å²) < 4.78 is 5.73. The van der Waals surface area contributed by atoms with Crippen LogP contribution in [0.4, 0.5) is 0 Å². The lowest BCUT2D eigenvalue weighted by Crippen LogP contribution is -2.26. The molecule has 136 valence electrons. The molecule has 1 aromatic carbocycles. The molecule has 0 fully saturated rings. The number of nitrogens with zero attached hydrogens (tertiary/aromatic N) is 1. The van der Waals surface area contributed by atoms with Crippen LogP contribution in [0, 0.1) is 6.92 Å². The number of amides is 1. The van der Waals surface area contributed by atoms with E-state index in [1.165, 1.54) is 11.3 Å². The summed E-state index contributed by atoms with van der Waals surface area (Å²) in [5.41, 5.74) is 1.75. The van der Waals surface area contributed by atoms with Crippen molar-refractivity contribution in [1.82, 2.24) is 10.3 Å². The first-order valence-corrected chi connectivity index (χ1v) is 9.45. The van der Waals surface area contributed by atoms with Crippen LogP contribution in [0.15, 0.2) is 24.3 Å². The van der Waals surface area contributed by atoms with Gasteiger partial charge in [-0.05, 0) is 45.4 Å². The van der Waals surface area contributed by atoms with Gasteiger partial charge < -0.3 is 10.1 Å². The Bertz CT molecular complexity index is 744. The molecular weight excluding hydrogens is 332 g/mol. The second-order valence-electron chi connectivity index (χ2n) is 7.62. The second kappa shape index (κ2) is 7.56. The molecule has 2 aromatic rings. The summed E-state index contributed by atoms with van der Waals surface area (Å²) in [6.07, 6.45) is 0.121. The number of carbonyl (C=O) groups excluding carboxylic acids is 1. The highest BCUT2D eigenvalue weighted by atomic mass is 32.1. The topological polar surface area (TPSA) is 51.2 Å². The maximum absolute atomic E-state index is 12.7. The van der Waals surface area contributed by atoms with Crippen LogP contribution in [0.25, 0.3) is 0 Å². The molecule has 0 aliphatic rings. The number of aryl methyl sites for hydroxylation is 1. The zero-order chi connectivity index (χ0) is 18.8. The molecule has 0 saturated heterocycles. The first kappa shape index (κ1) is 19.4. The first-order chi connectivity index (χ1) is 11.6. The number of aromatic nitrogens is 1. The van der Waals surface area contributed by atoms with E-state index in [0.29, 0.717) is 4.88 Å². The average Bonchev–Trinajstić information content (AvgIpc) is 2.89. The Balaban J connectivity index is 2.14. The van der Waals surface area contributed by atoms with Gasteiger partial charge in [-0.25, -0.2) is 4.98 Å². The van der Waals surface area contributed by atoms with E-state index in [9.17, 15) is 4.79 Å². The summed E-state index contributed by atoms with van der Waals surface area (Å²) in [5.74, 6) is 0.741. The van der Waals surface area contributed by atoms with E-state index in [-0.39, 0.29) is 23.5 Å². The van der Waals surface area contributed by atoms with Gasteiger partial charge in [-0.15, -0.1) is 11.3 Å². The van der Waals surface area contributed by atoms with Crippen molar-refractivity contribution in [2.75, 3.05) is 0 Å². The first-order valence-electron chi connectivity index (χ1n) is 8.63. The number of nitrogens with one attached hydrogen (secondary N) is 1. The number of benzene rings is 1. The summed E-state index contributed by atoms with van der Waals surface area (Å²) in [6.45, 7) is 14.2. The minimum Gasteiger partial charge on any atom is -0.491 e. The van der Waals surface area contributed by atoms with Crippen LogP contribution in [-0.4, -0.2) is 17.0 Å². The highest BCUT2D eigenvalue weighted by Gasteiger charge is 2.24. The van der Waals surface area contributed by atoms with Crippen molar-refractivity contribution in [2.45, 2.75) is 66.0 Å². The van der Waals surface area contributed by atoms with E-state index in [1.54, 1.807) is 0 Å². The predicted molar refractivity (Wildman–Crippen MR) is 104 cm³/mol. The zero-order valence-electron chi connectivity index (χ0n) is 16.1. The van der Waals surface area contributed by atoms with Crippen molar-refractivity contribution in [3.05, 3.63) is 45.4 Å². The lowest BCUT2D eigenvalue weighted by molar-refractivity contribution is 0.0943. The molecule has 0 aliphatic carbocycles. The van der Waals surface area contributed by atoms with E-state index in [4.69, 9.17) is 4.74 Å². The van der Waals surface area contributed by atoms with Crippen LogP contribution in [0.3, 0.4) is 0 Å². The number of ether oxygens (including phenoxy) is 1. The van der Waals surface area contributed by atoms with Gasteiger partial charge in [0.1, 0.15) is 10.6 Å². The highest BCUT2D eigenvalue weighted by molar-refractivity contribution is 7.14. The summed E-state index contributed by atoms with van der Waals surface area (Å²) in [6, 6.07) is 7.75. The minimum atomic E-state index is -0.109. The van der Waals surface area contributed by atoms with Gasteiger partial charge in [0.2, 0.25) is 0 Å². The predicted octanol–water partition coefficient (Wildman–Crippen LogP) is 5.03. The van der Waals surface area contributed by atoms with E-state index in [2.05, 4.69) is 31.1 Å². The Morgan fingerprint density at radius 1 is 1.24 bits per heavy atom. The van der Waals surface area contributed by atoms with E-state index < -0.39 is 0 Å². The Morgan fingerprint density at radius 2 is 1.92 bits per heavy atom. The molecule has 5 heteroatoms. The fraction of sp³-hybridized carbons (Fsp3) is 0.500. The molecule has 1 amide bonds. The van der Waals surface area contributed by atoms with E-state index in [0.717, 1.165) is 22.0 Å². The van der Waals surface area contributed by atoms with E-state index >= 15 is 0 Å². The lowest BCUT2D eigenvalue weighted by Gasteiger charge is -2.16. The molecule has 0 spiro atoms. The summed E-state index contributed by atoms with van der Waals surface area (Å²) in [7, 11) is 0. The SMILES string of the molecule is Cc1nc(C(C)(C)C)sc1C(=O)NC(C)c1cccc(OC(C)C)c1. The minimum absolute atomic E-state index is 0.0535. The van der Waals surface area contributed by atoms with Gasteiger partial charge in [0.25, 0.3) is 5.91 Å². The van der Waals surface area contributed by atoms with Crippen LogP contribution in [0.1, 0.15) is 73.5 Å². The second-order valence-corrected chi connectivity index (χ2v) is 8.62. The largest absolute Gasteiger partial charge is 0.491 e. The third-order valence-corrected chi connectivity index (χ3v) is 5.30. The smallest absolute Gasteiger partial charge is 0.263 e. The van der Waals surface area contributed by atoms with Crippen molar-refractivity contribution in [2.24, 2.45) is 0 Å². The third-order valence-electron chi connectivity index (χ3n) is 3.72. The monoisotopic (exact) mass is 360 g/mol. The fourth-order valence-corrected chi connectivity index (χ4v) is 3.43. The Hall–Kier alpha value is -1.88. The number of hydrogen-bond acceptors (Lipinski definition) is 4. The van der Waals surface area contributed by atoms with Crippen molar-refractivity contribution in [3.63, 3.8) is 0 Å². The average molecular weight is 361 g/mol. The molecule has 1 atom stereocenters. The molecule has 2 rings (SSSR count). The van der Waals surface area contributed by atoms with Gasteiger partial charge in [-0.1, -0.05) is 32.9 Å². The van der Waals surface area contributed by atoms with Gasteiger partial charge in [-0.2, -0.15) is 0 Å². The number of hydrogen-bond donors (Lipinski definition) is 1. The molecule has 25 heavy (non-hydrogen) atoms. The summed E-state index contributed by atoms with van der Waals surface area (Å²) in [5, 5.41) is 4.06. The molecule has 0 saturated carbocycles. The maximum atomic E-state index is 12.7.